The van der Waals surface area contributed by atoms with E-state index in [9.17, 15) is 4.79 Å². The molecule has 1 aromatic carbocycles. The lowest BCUT2D eigenvalue weighted by molar-refractivity contribution is 0.102. The summed E-state index contributed by atoms with van der Waals surface area (Å²) in [5.74, 6) is -0.395. The largest absolute Gasteiger partial charge is 0.319 e. The number of hydrogen-bond acceptors (Lipinski definition) is 2. The van der Waals surface area contributed by atoms with Gasteiger partial charge in [-0.05, 0) is 12.1 Å². The molecular weight excluding hydrogens is 284 g/mol. The van der Waals surface area contributed by atoms with E-state index in [1.165, 1.54) is 6.07 Å². The summed E-state index contributed by atoms with van der Waals surface area (Å²) in [6.07, 6.45) is 0. The molecule has 0 saturated carbocycles. The summed E-state index contributed by atoms with van der Waals surface area (Å²) in [5, 5.41) is 9.59. The minimum absolute atomic E-state index is 0.215. The first-order valence-corrected chi connectivity index (χ1v) is 5.67. The first kappa shape index (κ1) is 12.2. The van der Waals surface area contributed by atoms with E-state index < -0.39 is 5.91 Å². The Kier molecular flexibility index (Phi) is 3.57. The van der Waals surface area contributed by atoms with Gasteiger partial charge < -0.3 is 5.32 Å². The molecule has 0 bridgehead atoms. The molecule has 2 aromatic rings. The molecule has 0 saturated heterocycles. The van der Waals surface area contributed by atoms with E-state index in [1.54, 1.807) is 18.2 Å². The number of H-pyrrole nitrogens is 1. The van der Waals surface area contributed by atoms with Crippen molar-refractivity contribution >= 4 is 46.4 Å². The Balaban J connectivity index is 2.21. The molecular formula is C10H6Cl3N3O. The molecule has 0 spiro atoms. The van der Waals surface area contributed by atoms with Gasteiger partial charge in [0, 0.05) is 6.07 Å². The average Bonchev–Trinajstić information content (AvgIpc) is 2.72. The number of carbonyl (C=O) groups excluding carboxylic acids is 1. The molecule has 0 atom stereocenters. The zero-order chi connectivity index (χ0) is 12.4. The molecule has 1 amide bonds. The number of aromatic amines is 1. The smallest absolute Gasteiger partial charge is 0.273 e. The third kappa shape index (κ3) is 2.72. The van der Waals surface area contributed by atoms with E-state index in [4.69, 9.17) is 34.8 Å². The minimum atomic E-state index is -0.395. The maximum atomic E-state index is 11.7. The molecule has 0 aliphatic rings. The summed E-state index contributed by atoms with van der Waals surface area (Å²) in [4.78, 5) is 11.7. The molecule has 1 aromatic heterocycles. The highest BCUT2D eigenvalue weighted by Gasteiger charge is 2.12. The van der Waals surface area contributed by atoms with Gasteiger partial charge in [-0.25, -0.2) is 0 Å². The second-order valence-corrected chi connectivity index (χ2v) is 4.33. The van der Waals surface area contributed by atoms with Crippen molar-refractivity contribution in [2.75, 3.05) is 5.32 Å². The highest BCUT2D eigenvalue weighted by atomic mass is 35.5. The fourth-order valence-corrected chi connectivity index (χ4v) is 1.70. The van der Waals surface area contributed by atoms with Gasteiger partial charge in [0.2, 0.25) is 0 Å². The Morgan fingerprint density at radius 1 is 1.29 bits per heavy atom. The van der Waals surface area contributed by atoms with Gasteiger partial charge in [-0.1, -0.05) is 40.9 Å². The Bertz CT molecular complexity index is 568. The number of rotatable bonds is 2. The fourth-order valence-electron chi connectivity index (χ4n) is 1.20. The lowest BCUT2D eigenvalue weighted by Gasteiger charge is -2.06. The van der Waals surface area contributed by atoms with E-state index in [2.05, 4.69) is 15.5 Å². The average molecular weight is 291 g/mol. The van der Waals surface area contributed by atoms with Crippen LogP contribution in [0.3, 0.4) is 0 Å². The molecule has 1 heterocycles. The molecule has 88 valence electrons. The monoisotopic (exact) mass is 289 g/mol. The SMILES string of the molecule is O=C(Nc1cccc(Cl)c1Cl)c1cc(Cl)n[nH]1. The van der Waals surface area contributed by atoms with Crippen molar-refractivity contribution in [3.05, 3.63) is 45.2 Å². The Hall–Kier alpha value is -1.23. The van der Waals surface area contributed by atoms with Gasteiger partial charge in [0.25, 0.3) is 5.91 Å². The summed E-state index contributed by atoms with van der Waals surface area (Å²) in [6, 6.07) is 6.37. The van der Waals surface area contributed by atoms with Crippen LogP contribution in [0.5, 0.6) is 0 Å². The normalized spacial score (nSPS) is 10.3. The summed E-state index contributed by atoms with van der Waals surface area (Å²) >= 11 is 17.3. The molecule has 0 unspecified atom stereocenters. The van der Waals surface area contributed by atoms with Crippen LogP contribution in [0.15, 0.2) is 24.3 Å². The van der Waals surface area contributed by atoms with E-state index in [1.807, 2.05) is 0 Å². The van der Waals surface area contributed by atoms with Crippen LogP contribution in [0, 0.1) is 0 Å². The minimum Gasteiger partial charge on any atom is -0.319 e. The van der Waals surface area contributed by atoms with Crippen LogP contribution < -0.4 is 5.32 Å². The molecule has 2 N–H and O–H groups in total. The molecule has 0 aliphatic heterocycles. The number of hydrogen-bond donors (Lipinski definition) is 2. The summed E-state index contributed by atoms with van der Waals surface area (Å²) < 4.78 is 0. The van der Waals surface area contributed by atoms with Crippen molar-refractivity contribution in [2.24, 2.45) is 0 Å². The summed E-state index contributed by atoms with van der Waals surface area (Å²) in [7, 11) is 0. The Labute approximate surface area is 112 Å². The maximum Gasteiger partial charge on any atom is 0.273 e. The Morgan fingerprint density at radius 2 is 2.06 bits per heavy atom. The zero-order valence-corrected chi connectivity index (χ0v) is 10.6. The number of aromatic nitrogens is 2. The van der Waals surface area contributed by atoms with E-state index in [0.29, 0.717) is 10.7 Å². The van der Waals surface area contributed by atoms with Gasteiger partial charge in [0.1, 0.15) is 5.69 Å². The van der Waals surface area contributed by atoms with Crippen LogP contribution in [0.2, 0.25) is 15.2 Å². The summed E-state index contributed by atoms with van der Waals surface area (Å²) in [6.45, 7) is 0. The van der Waals surface area contributed by atoms with Gasteiger partial charge in [0.15, 0.2) is 5.15 Å². The van der Waals surface area contributed by atoms with Crippen LogP contribution in [-0.4, -0.2) is 16.1 Å². The van der Waals surface area contributed by atoms with Crippen molar-refractivity contribution in [2.45, 2.75) is 0 Å². The first-order chi connectivity index (χ1) is 8.08. The first-order valence-electron chi connectivity index (χ1n) is 4.54. The van der Waals surface area contributed by atoms with Crippen LogP contribution in [0.25, 0.3) is 0 Å². The van der Waals surface area contributed by atoms with Gasteiger partial charge in [-0.2, -0.15) is 5.10 Å². The van der Waals surface area contributed by atoms with Gasteiger partial charge >= 0.3 is 0 Å². The molecule has 0 radical (unpaired) electrons. The highest BCUT2D eigenvalue weighted by Crippen LogP contribution is 2.29. The molecule has 7 heteroatoms. The molecule has 0 fully saturated rings. The quantitative estimate of drug-likeness (QED) is 0.887. The molecule has 4 nitrogen and oxygen atoms in total. The van der Waals surface area contributed by atoms with Gasteiger partial charge in [0.05, 0.1) is 15.7 Å². The van der Waals surface area contributed by atoms with Crippen molar-refractivity contribution in [1.82, 2.24) is 10.2 Å². The zero-order valence-electron chi connectivity index (χ0n) is 8.30. The predicted octanol–water partition coefficient (Wildman–Crippen LogP) is 3.62. The Morgan fingerprint density at radius 3 is 2.71 bits per heavy atom. The third-order valence-electron chi connectivity index (χ3n) is 1.99. The lowest BCUT2D eigenvalue weighted by atomic mass is 10.3. The highest BCUT2D eigenvalue weighted by molar-refractivity contribution is 6.44. The number of nitrogens with one attached hydrogen (secondary N) is 2. The fraction of sp³-hybridized carbons (Fsp3) is 0. The van der Waals surface area contributed by atoms with E-state index in [0.717, 1.165) is 0 Å². The third-order valence-corrected chi connectivity index (χ3v) is 3.00. The molecule has 2 rings (SSSR count). The van der Waals surface area contributed by atoms with Crippen molar-refractivity contribution in [3.8, 4) is 0 Å². The second kappa shape index (κ2) is 4.96. The van der Waals surface area contributed by atoms with E-state index in [-0.39, 0.29) is 15.9 Å². The van der Waals surface area contributed by atoms with Crippen LogP contribution in [-0.2, 0) is 0 Å². The number of halogens is 3. The standard InChI is InChI=1S/C10H6Cl3N3O/c11-5-2-1-3-6(9(5)13)14-10(17)7-4-8(12)16-15-7/h1-4H,(H,14,17)(H,15,16). The number of carbonyl (C=O) groups is 1. The predicted molar refractivity (Wildman–Crippen MR) is 68.0 cm³/mol. The molecule has 0 aliphatic carbocycles. The van der Waals surface area contributed by atoms with Crippen LogP contribution in [0.1, 0.15) is 10.5 Å². The number of benzene rings is 1. The van der Waals surface area contributed by atoms with Crippen molar-refractivity contribution in [3.63, 3.8) is 0 Å². The number of amides is 1. The molecule has 17 heavy (non-hydrogen) atoms. The van der Waals surface area contributed by atoms with Crippen molar-refractivity contribution in [1.29, 1.82) is 0 Å². The number of nitrogens with zero attached hydrogens (tertiary/aromatic N) is 1. The lowest BCUT2D eigenvalue weighted by Crippen LogP contribution is -2.12. The van der Waals surface area contributed by atoms with Gasteiger partial charge in [-0.15, -0.1) is 0 Å². The van der Waals surface area contributed by atoms with E-state index >= 15 is 0 Å². The van der Waals surface area contributed by atoms with Gasteiger partial charge in [-0.3, -0.25) is 9.89 Å². The summed E-state index contributed by atoms with van der Waals surface area (Å²) in [5.41, 5.74) is 0.668. The maximum absolute atomic E-state index is 11.7. The second-order valence-electron chi connectivity index (χ2n) is 3.16. The van der Waals surface area contributed by atoms with Crippen LogP contribution >= 0.6 is 34.8 Å². The topological polar surface area (TPSA) is 57.8 Å². The van der Waals surface area contributed by atoms with Crippen molar-refractivity contribution < 1.29 is 4.79 Å². The van der Waals surface area contributed by atoms with Crippen LogP contribution in [0.4, 0.5) is 5.69 Å². The number of anilines is 1.